The molecule has 0 unspecified atom stereocenters. The van der Waals surface area contributed by atoms with Gasteiger partial charge in [0.25, 0.3) is 0 Å². The molecule has 4 aromatic carbocycles. The van der Waals surface area contributed by atoms with Gasteiger partial charge in [0.15, 0.2) is 0 Å². The number of hydrogen-bond donors (Lipinski definition) is 4. The third-order valence-corrected chi connectivity index (χ3v) is 4.77. The summed E-state index contributed by atoms with van der Waals surface area (Å²) in [6.07, 6.45) is 0. The maximum absolute atomic E-state index is 12.2. The predicted molar refractivity (Wildman–Crippen MR) is 128 cm³/mol. The number of carbonyl (C=O) groups excluding carboxylic acids is 1. The zero-order valence-electron chi connectivity index (χ0n) is 17.5. The highest BCUT2D eigenvalue weighted by molar-refractivity contribution is 6.10. The molecule has 0 heterocycles. The van der Waals surface area contributed by atoms with Gasteiger partial charge >= 0.3 is 12.0 Å². The third-order valence-electron chi connectivity index (χ3n) is 4.77. The van der Waals surface area contributed by atoms with Gasteiger partial charge in [-0.1, -0.05) is 91.0 Å². The van der Waals surface area contributed by atoms with Crippen LogP contribution in [0.15, 0.2) is 97.1 Å². The van der Waals surface area contributed by atoms with Crippen LogP contribution in [0, 0.1) is 0 Å². The van der Waals surface area contributed by atoms with Gasteiger partial charge in [-0.3, -0.25) is 0 Å². The van der Waals surface area contributed by atoms with Crippen LogP contribution in [-0.2, 0) is 13.1 Å². The number of carboxylic acid groups (broad SMARTS) is 1. The van der Waals surface area contributed by atoms with Crippen LogP contribution in [0.5, 0.6) is 0 Å². The highest BCUT2D eigenvalue weighted by atomic mass is 16.4. The molecule has 4 aromatic rings. The van der Waals surface area contributed by atoms with Crippen molar-refractivity contribution in [3.8, 4) is 0 Å². The Labute approximate surface area is 186 Å². The van der Waals surface area contributed by atoms with Gasteiger partial charge in [-0.15, -0.1) is 0 Å². The molecule has 6 heteroatoms. The molecule has 0 saturated heterocycles. The Morgan fingerprint density at radius 1 is 0.750 bits per heavy atom. The summed E-state index contributed by atoms with van der Waals surface area (Å²) in [5.41, 5.74) is 7.86. The minimum atomic E-state index is -1.08. The lowest BCUT2D eigenvalue weighted by Gasteiger charge is -2.13. The van der Waals surface area contributed by atoms with Crippen molar-refractivity contribution in [2.45, 2.75) is 13.1 Å². The van der Waals surface area contributed by atoms with Crippen molar-refractivity contribution >= 4 is 28.5 Å². The number of anilines is 1. The van der Waals surface area contributed by atoms with E-state index in [9.17, 15) is 14.7 Å². The Balaban J connectivity index is 0.000000305. The smallest absolute Gasteiger partial charge is 0.337 e. The first-order chi connectivity index (χ1) is 15.6. The molecule has 5 N–H and O–H groups in total. The van der Waals surface area contributed by atoms with Gasteiger partial charge < -0.3 is 21.5 Å². The van der Waals surface area contributed by atoms with Crippen molar-refractivity contribution in [1.29, 1.82) is 0 Å². The Morgan fingerprint density at radius 2 is 1.34 bits per heavy atom. The molecule has 32 heavy (non-hydrogen) atoms. The Morgan fingerprint density at radius 3 is 1.94 bits per heavy atom. The maximum Gasteiger partial charge on any atom is 0.337 e. The molecule has 4 rings (SSSR count). The first-order valence-corrected chi connectivity index (χ1v) is 10.2. The van der Waals surface area contributed by atoms with E-state index >= 15 is 0 Å². The Kier molecular flexibility index (Phi) is 7.95. The van der Waals surface area contributed by atoms with Crippen molar-refractivity contribution < 1.29 is 14.7 Å². The molecule has 0 saturated carbocycles. The van der Waals surface area contributed by atoms with E-state index in [0.29, 0.717) is 24.2 Å². The molecule has 0 aliphatic heterocycles. The minimum Gasteiger partial charge on any atom is -0.478 e. The number of fused-ring (bicyclic) bond motifs is 1. The summed E-state index contributed by atoms with van der Waals surface area (Å²) in [5, 5.41) is 16.3. The summed E-state index contributed by atoms with van der Waals surface area (Å²) in [6, 6.07) is 29.6. The summed E-state index contributed by atoms with van der Waals surface area (Å²) in [4.78, 5) is 23.6. The molecule has 0 aliphatic carbocycles. The quantitative estimate of drug-likeness (QED) is 0.359. The fourth-order valence-electron chi connectivity index (χ4n) is 3.13. The normalized spacial score (nSPS) is 10.0. The van der Waals surface area contributed by atoms with Gasteiger partial charge in [-0.25, -0.2) is 9.59 Å². The molecule has 0 spiro atoms. The van der Waals surface area contributed by atoms with E-state index in [0.717, 1.165) is 10.9 Å². The highest BCUT2D eigenvalue weighted by Gasteiger charge is 2.15. The largest absolute Gasteiger partial charge is 0.478 e. The summed E-state index contributed by atoms with van der Waals surface area (Å²) in [6.45, 7) is 1.00. The van der Waals surface area contributed by atoms with Gasteiger partial charge in [0.05, 0.1) is 11.3 Å². The zero-order valence-corrected chi connectivity index (χ0v) is 17.5. The lowest BCUT2D eigenvalue weighted by atomic mass is 10.0. The average molecular weight is 428 g/mol. The lowest BCUT2D eigenvalue weighted by molar-refractivity contribution is 0.0698. The number of carbonyl (C=O) groups is 2. The van der Waals surface area contributed by atoms with E-state index in [4.69, 9.17) is 5.73 Å². The molecule has 162 valence electrons. The fraction of sp³-hybridized carbons (Fsp3) is 0.0769. The van der Waals surface area contributed by atoms with E-state index in [1.54, 1.807) is 18.2 Å². The summed E-state index contributed by atoms with van der Waals surface area (Å²) in [7, 11) is 0. The summed E-state index contributed by atoms with van der Waals surface area (Å²) in [5.74, 6) is -1.08. The zero-order chi connectivity index (χ0) is 22.8. The molecule has 0 fully saturated rings. The van der Waals surface area contributed by atoms with Crippen LogP contribution >= 0.6 is 0 Å². The predicted octanol–water partition coefficient (Wildman–Crippen LogP) is 5.01. The summed E-state index contributed by atoms with van der Waals surface area (Å²) < 4.78 is 0. The molecule has 6 nitrogen and oxygen atoms in total. The second-order valence-electron chi connectivity index (χ2n) is 7.00. The number of carboxylic acids is 1. The number of urea groups is 1. The van der Waals surface area contributed by atoms with E-state index < -0.39 is 12.0 Å². The molecule has 0 aliphatic rings. The Hall–Kier alpha value is -4.16. The monoisotopic (exact) mass is 427 g/mol. The van der Waals surface area contributed by atoms with Gasteiger partial charge in [0.1, 0.15) is 0 Å². The number of rotatable bonds is 5. The van der Waals surface area contributed by atoms with Crippen molar-refractivity contribution in [3.05, 3.63) is 114 Å². The minimum absolute atomic E-state index is 0.0589. The van der Waals surface area contributed by atoms with Crippen LogP contribution in [0.4, 0.5) is 10.5 Å². The second kappa shape index (κ2) is 11.3. The molecule has 0 radical (unpaired) electrons. The first kappa shape index (κ1) is 22.5. The van der Waals surface area contributed by atoms with Crippen molar-refractivity contribution in [3.63, 3.8) is 0 Å². The molecule has 2 amide bonds. The van der Waals surface area contributed by atoms with Crippen LogP contribution < -0.4 is 16.4 Å². The summed E-state index contributed by atoms with van der Waals surface area (Å²) >= 11 is 0. The van der Waals surface area contributed by atoms with Gasteiger partial charge in [0, 0.05) is 18.5 Å². The maximum atomic E-state index is 12.2. The van der Waals surface area contributed by atoms with Gasteiger partial charge in [0.2, 0.25) is 0 Å². The van der Waals surface area contributed by atoms with Gasteiger partial charge in [-0.05, 0) is 22.6 Å². The topological polar surface area (TPSA) is 104 Å². The van der Waals surface area contributed by atoms with Gasteiger partial charge in [-0.2, -0.15) is 0 Å². The van der Waals surface area contributed by atoms with Crippen molar-refractivity contribution in [1.82, 2.24) is 5.32 Å². The van der Waals surface area contributed by atoms with E-state index in [2.05, 4.69) is 10.6 Å². The standard InChI is InChI=1S/C19H16N2O3.C7H9N/c22-18(23)16-11-10-14-8-4-5-9-15(14)17(16)21-19(24)20-12-13-6-2-1-3-7-13;8-6-7-4-2-1-3-5-7/h1-11H,12H2,(H,22,23)(H2,20,21,24);1-5H,6,8H2. The van der Waals surface area contributed by atoms with Crippen molar-refractivity contribution in [2.75, 3.05) is 5.32 Å². The number of aromatic carboxylic acids is 1. The third kappa shape index (κ3) is 6.17. The van der Waals surface area contributed by atoms with E-state index in [-0.39, 0.29) is 5.56 Å². The van der Waals surface area contributed by atoms with Crippen LogP contribution in [0.2, 0.25) is 0 Å². The Bertz CT molecular complexity index is 1180. The molecular formula is C26H25N3O3. The van der Waals surface area contributed by atoms with E-state index in [1.165, 1.54) is 11.6 Å². The van der Waals surface area contributed by atoms with Crippen LogP contribution in [0.1, 0.15) is 21.5 Å². The van der Waals surface area contributed by atoms with Crippen LogP contribution in [-0.4, -0.2) is 17.1 Å². The second-order valence-corrected chi connectivity index (χ2v) is 7.00. The fourth-order valence-corrected chi connectivity index (χ4v) is 3.13. The first-order valence-electron chi connectivity index (χ1n) is 10.2. The number of benzene rings is 4. The lowest BCUT2D eigenvalue weighted by Crippen LogP contribution is -2.29. The SMILES string of the molecule is NCc1ccccc1.O=C(NCc1ccccc1)Nc1c(C(=O)O)ccc2ccccc12. The number of amides is 2. The number of nitrogens with two attached hydrogens (primary N) is 1. The van der Waals surface area contributed by atoms with E-state index in [1.807, 2.05) is 72.8 Å². The average Bonchev–Trinajstić information content (AvgIpc) is 2.84. The molecule has 0 bridgehead atoms. The highest BCUT2D eigenvalue weighted by Crippen LogP contribution is 2.27. The van der Waals surface area contributed by atoms with Crippen molar-refractivity contribution in [2.24, 2.45) is 5.73 Å². The molecular weight excluding hydrogens is 402 g/mol. The molecule has 0 atom stereocenters. The van der Waals surface area contributed by atoms with Crippen LogP contribution in [0.3, 0.4) is 0 Å². The molecule has 0 aromatic heterocycles. The number of nitrogens with one attached hydrogen (secondary N) is 2. The number of hydrogen-bond acceptors (Lipinski definition) is 3. The van der Waals surface area contributed by atoms with Crippen LogP contribution in [0.25, 0.3) is 10.8 Å².